The van der Waals surface area contributed by atoms with Crippen molar-refractivity contribution < 1.29 is 5.11 Å². The summed E-state index contributed by atoms with van der Waals surface area (Å²) in [4.78, 5) is 13.3. The van der Waals surface area contributed by atoms with E-state index in [4.69, 9.17) is 11.6 Å². The summed E-state index contributed by atoms with van der Waals surface area (Å²) in [5.74, 6) is 0.695. The third-order valence-corrected chi connectivity index (χ3v) is 6.68. The van der Waals surface area contributed by atoms with Crippen LogP contribution in [0.4, 0.5) is 17.5 Å². The lowest BCUT2D eigenvalue weighted by Gasteiger charge is -2.33. The number of nitriles is 2. The third-order valence-electron chi connectivity index (χ3n) is 6.26. The van der Waals surface area contributed by atoms with Gasteiger partial charge in [0.25, 0.3) is 0 Å². The van der Waals surface area contributed by atoms with Crippen molar-refractivity contribution in [3.63, 3.8) is 0 Å². The maximum Gasteiger partial charge on any atom is 0.247 e. The van der Waals surface area contributed by atoms with E-state index in [0.717, 1.165) is 39.0 Å². The summed E-state index contributed by atoms with van der Waals surface area (Å²) in [6.45, 7) is 3.99. The van der Waals surface area contributed by atoms with Gasteiger partial charge < -0.3 is 20.6 Å². The summed E-state index contributed by atoms with van der Waals surface area (Å²) in [5, 5.41) is 41.1. The maximum atomic E-state index is 11.0. The lowest BCUT2D eigenvalue weighted by atomic mass is 10.0. The molecule has 0 bridgehead atoms. The smallest absolute Gasteiger partial charge is 0.247 e. The Hall–Kier alpha value is -3.48. The van der Waals surface area contributed by atoms with Gasteiger partial charge >= 0.3 is 0 Å². The first-order valence-corrected chi connectivity index (χ1v) is 11.8. The summed E-state index contributed by atoms with van der Waals surface area (Å²) in [6.07, 6.45) is 2.65. The van der Waals surface area contributed by atoms with Crippen LogP contribution in [0.3, 0.4) is 0 Å². The van der Waals surface area contributed by atoms with Crippen LogP contribution in [0.15, 0.2) is 18.3 Å². The summed E-state index contributed by atoms with van der Waals surface area (Å²) < 4.78 is 1.42. The van der Waals surface area contributed by atoms with Gasteiger partial charge in [-0.1, -0.05) is 11.6 Å². The molecule has 1 unspecified atom stereocenters. The monoisotopic (exact) mass is 492 g/mol. The molecule has 0 spiro atoms. The van der Waals surface area contributed by atoms with E-state index in [1.165, 1.54) is 10.7 Å². The molecule has 3 aromatic rings. The minimum Gasteiger partial charge on any atom is -0.387 e. The van der Waals surface area contributed by atoms with E-state index in [2.05, 4.69) is 54.7 Å². The Morgan fingerprint density at radius 2 is 1.97 bits per heavy atom. The number of likely N-dealkylation sites (N-methyl/N-ethyl adjacent to an activating group) is 1. The number of benzene rings is 1. The van der Waals surface area contributed by atoms with E-state index in [9.17, 15) is 15.6 Å². The highest BCUT2D eigenvalue weighted by Gasteiger charge is 2.25. The van der Waals surface area contributed by atoms with Gasteiger partial charge in [0.05, 0.1) is 34.6 Å². The van der Waals surface area contributed by atoms with Gasteiger partial charge in [0, 0.05) is 44.3 Å². The normalized spacial score (nSPS) is 17.6. The topological polar surface area (TPSA) is 141 Å². The molecule has 1 aliphatic carbocycles. The van der Waals surface area contributed by atoms with Gasteiger partial charge in [-0.2, -0.15) is 20.0 Å². The molecule has 180 valence electrons. The number of anilines is 3. The highest BCUT2D eigenvalue weighted by Crippen LogP contribution is 2.34. The van der Waals surface area contributed by atoms with Gasteiger partial charge in [0.1, 0.15) is 6.07 Å². The van der Waals surface area contributed by atoms with Gasteiger partial charge in [-0.05, 0) is 32.0 Å². The molecule has 2 aromatic heterocycles. The highest BCUT2D eigenvalue weighted by atomic mass is 35.5. The first-order chi connectivity index (χ1) is 16.9. The van der Waals surface area contributed by atoms with Crippen molar-refractivity contribution in [1.29, 1.82) is 10.5 Å². The first kappa shape index (κ1) is 23.3. The molecule has 3 N–H and O–H groups in total. The average molecular weight is 493 g/mol. The number of β-amino-alcohol motifs (C(OH)–C–C–N with tert-alkyl or cyclic N) is 1. The fraction of sp³-hybridized carbons (Fsp3) is 0.435. The Balaban J connectivity index is 1.46. The number of fused-ring (bicyclic) bond motifs is 1. The molecule has 3 heterocycles. The van der Waals surface area contributed by atoms with Gasteiger partial charge in [-0.15, -0.1) is 5.10 Å². The second kappa shape index (κ2) is 9.64. The summed E-state index contributed by atoms with van der Waals surface area (Å²) in [5.41, 5.74) is 1.93. The first-order valence-electron chi connectivity index (χ1n) is 11.5. The van der Waals surface area contributed by atoms with E-state index >= 15 is 0 Å². The average Bonchev–Trinajstić information content (AvgIpc) is 3.57. The highest BCUT2D eigenvalue weighted by molar-refractivity contribution is 6.34. The molecule has 1 aliphatic heterocycles. The number of aromatic nitrogens is 4. The van der Waals surface area contributed by atoms with Crippen molar-refractivity contribution in [3.05, 3.63) is 40.2 Å². The van der Waals surface area contributed by atoms with Gasteiger partial charge in [0.15, 0.2) is 17.2 Å². The van der Waals surface area contributed by atoms with E-state index < -0.39 is 6.10 Å². The van der Waals surface area contributed by atoms with Crippen LogP contribution in [0.1, 0.15) is 35.8 Å². The van der Waals surface area contributed by atoms with E-state index in [-0.39, 0.29) is 16.7 Å². The SMILES string of the molecule is CN1CCN(CC(O)c2cc(C#N)cc(Nc3nc(NC4CC4)c4ncc(C#N)n4n3)c2Cl)CC1. The molecule has 1 saturated heterocycles. The van der Waals surface area contributed by atoms with Crippen LogP contribution >= 0.6 is 11.6 Å². The van der Waals surface area contributed by atoms with Crippen LogP contribution in [0, 0.1) is 22.7 Å². The third kappa shape index (κ3) is 4.99. The molecule has 2 fully saturated rings. The summed E-state index contributed by atoms with van der Waals surface area (Å²) in [6, 6.07) is 7.73. The van der Waals surface area contributed by atoms with Gasteiger partial charge in [0.2, 0.25) is 5.95 Å². The minimum atomic E-state index is -0.867. The standard InChI is InChI=1S/C23H25ClN10O/c1-32-4-6-33(7-5-32)13-19(35)17-8-14(10-25)9-18(20(17)24)29-23-30-21(28-15-2-3-15)22-27-12-16(11-26)34(22)31-23/h8-9,12,15,19,35H,2-7,13H2,1H3,(H2,28,29,30,31). The quantitative estimate of drug-likeness (QED) is 0.449. The molecule has 1 saturated carbocycles. The second-order valence-corrected chi connectivity index (χ2v) is 9.35. The molecule has 12 heteroatoms. The number of rotatable bonds is 7. The zero-order chi connectivity index (χ0) is 24.5. The fourth-order valence-electron chi connectivity index (χ4n) is 4.07. The van der Waals surface area contributed by atoms with Crippen LogP contribution in [0.25, 0.3) is 5.65 Å². The predicted octanol–water partition coefficient (Wildman–Crippen LogP) is 2.12. The maximum absolute atomic E-state index is 11.0. The van der Waals surface area contributed by atoms with Crippen LogP contribution in [0.2, 0.25) is 5.02 Å². The number of nitrogens with zero attached hydrogens (tertiary/aromatic N) is 8. The zero-order valence-electron chi connectivity index (χ0n) is 19.2. The number of halogens is 1. The summed E-state index contributed by atoms with van der Waals surface area (Å²) in [7, 11) is 2.08. The molecule has 0 amide bonds. The van der Waals surface area contributed by atoms with Crippen LogP contribution < -0.4 is 10.6 Å². The number of hydrogen-bond donors (Lipinski definition) is 3. The van der Waals surface area contributed by atoms with E-state index in [0.29, 0.717) is 40.9 Å². The van der Waals surface area contributed by atoms with E-state index in [1.54, 1.807) is 12.1 Å². The lowest BCUT2D eigenvalue weighted by molar-refractivity contribution is 0.0806. The van der Waals surface area contributed by atoms with Crippen molar-refractivity contribution in [1.82, 2.24) is 29.4 Å². The van der Waals surface area contributed by atoms with Gasteiger partial charge in [-0.3, -0.25) is 4.90 Å². The largest absolute Gasteiger partial charge is 0.387 e. The molecule has 11 nitrogen and oxygen atoms in total. The molecule has 2 aliphatic rings. The van der Waals surface area contributed by atoms with Crippen molar-refractivity contribution in [2.45, 2.75) is 25.0 Å². The Labute approximate surface area is 207 Å². The van der Waals surface area contributed by atoms with Crippen LogP contribution in [-0.4, -0.2) is 80.3 Å². The number of aliphatic hydroxyl groups is 1. The molecule has 1 atom stereocenters. The zero-order valence-corrected chi connectivity index (χ0v) is 20.0. The van der Waals surface area contributed by atoms with E-state index in [1.807, 2.05) is 0 Å². The Morgan fingerprint density at radius 3 is 2.66 bits per heavy atom. The van der Waals surface area contributed by atoms with Gasteiger partial charge in [-0.25, -0.2) is 4.98 Å². The minimum absolute atomic E-state index is 0.187. The number of hydrogen-bond acceptors (Lipinski definition) is 10. The summed E-state index contributed by atoms with van der Waals surface area (Å²) >= 11 is 6.71. The molecule has 35 heavy (non-hydrogen) atoms. The predicted molar refractivity (Wildman–Crippen MR) is 130 cm³/mol. The second-order valence-electron chi connectivity index (χ2n) is 8.98. The molecular formula is C23H25ClN10O. The lowest BCUT2D eigenvalue weighted by Crippen LogP contribution is -2.45. The Kier molecular flexibility index (Phi) is 6.41. The van der Waals surface area contributed by atoms with Crippen molar-refractivity contribution in [2.24, 2.45) is 0 Å². The Morgan fingerprint density at radius 1 is 1.20 bits per heavy atom. The molecule has 1 aromatic carbocycles. The molecule has 5 rings (SSSR count). The van der Waals surface area contributed by atoms with Crippen molar-refractivity contribution >= 4 is 34.7 Å². The molecule has 0 radical (unpaired) electrons. The number of imidazole rings is 1. The van der Waals surface area contributed by atoms with Crippen LogP contribution in [-0.2, 0) is 0 Å². The fourth-order valence-corrected chi connectivity index (χ4v) is 4.35. The van der Waals surface area contributed by atoms with Crippen molar-refractivity contribution in [3.8, 4) is 12.1 Å². The van der Waals surface area contributed by atoms with Crippen molar-refractivity contribution in [2.75, 3.05) is 50.4 Å². The van der Waals surface area contributed by atoms with Crippen LogP contribution in [0.5, 0.6) is 0 Å². The Bertz CT molecular complexity index is 1330. The number of nitrogens with one attached hydrogen (secondary N) is 2. The molecular weight excluding hydrogens is 468 g/mol. The number of aliphatic hydroxyl groups excluding tert-OH is 1. The number of piperazine rings is 1.